The molecule has 1 atom stereocenters. The molecule has 0 aromatic heterocycles. The number of nitrogens with zero attached hydrogens (tertiary/aromatic N) is 1. The summed E-state index contributed by atoms with van der Waals surface area (Å²) in [5, 5.41) is 3.58. The highest BCUT2D eigenvalue weighted by atomic mass is 32.2. The Morgan fingerprint density at radius 1 is 1.22 bits per heavy atom. The SMILES string of the molecule is CCSCCCNC(C)c1ccc(N(C)C)cc1. The van der Waals surface area contributed by atoms with E-state index in [-0.39, 0.29) is 0 Å². The van der Waals surface area contributed by atoms with Crippen molar-refractivity contribution >= 4 is 17.4 Å². The maximum atomic E-state index is 3.58. The van der Waals surface area contributed by atoms with E-state index >= 15 is 0 Å². The molecule has 3 heteroatoms. The standard InChI is InChI=1S/C15H26N2S/c1-5-18-12-6-11-16-13(2)14-7-9-15(10-8-14)17(3)4/h7-10,13,16H,5-6,11-12H2,1-4H3. The van der Waals surface area contributed by atoms with E-state index in [2.05, 4.69) is 62.4 Å². The number of hydrogen-bond donors (Lipinski definition) is 1. The summed E-state index contributed by atoms with van der Waals surface area (Å²) in [6.07, 6.45) is 1.25. The summed E-state index contributed by atoms with van der Waals surface area (Å²) >= 11 is 2.02. The molecule has 0 aliphatic heterocycles. The Labute approximate surface area is 116 Å². The Hall–Kier alpha value is -0.670. The quantitative estimate of drug-likeness (QED) is 0.725. The van der Waals surface area contributed by atoms with Crippen molar-refractivity contribution in [3.05, 3.63) is 29.8 Å². The number of thioether (sulfide) groups is 1. The molecule has 1 unspecified atom stereocenters. The predicted octanol–water partition coefficient (Wildman–Crippen LogP) is 3.55. The Kier molecular flexibility index (Phi) is 7.21. The van der Waals surface area contributed by atoms with Crippen molar-refractivity contribution in [2.45, 2.75) is 26.3 Å². The summed E-state index contributed by atoms with van der Waals surface area (Å²) < 4.78 is 0. The molecule has 1 aromatic rings. The van der Waals surface area contributed by atoms with Crippen LogP contribution in [0.15, 0.2) is 24.3 Å². The van der Waals surface area contributed by atoms with E-state index in [4.69, 9.17) is 0 Å². The Balaban J connectivity index is 2.34. The normalized spacial score (nSPS) is 12.4. The largest absolute Gasteiger partial charge is 0.378 e. The number of rotatable bonds is 8. The highest BCUT2D eigenvalue weighted by molar-refractivity contribution is 7.99. The molecule has 102 valence electrons. The van der Waals surface area contributed by atoms with Crippen molar-refractivity contribution in [2.24, 2.45) is 0 Å². The molecule has 0 spiro atoms. The number of hydrogen-bond acceptors (Lipinski definition) is 3. The third-order valence-electron chi connectivity index (χ3n) is 3.03. The van der Waals surface area contributed by atoms with Crippen LogP contribution in [0.5, 0.6) is 0 Å². The van der Waals surface area contributed by atoms with Gasteiger partial charge in [0.25, 0.3) is 0 Å². The molecule has 0 heterocycles. The van der Waals surface area contributed by atoms with Crippen LogP contribution in [0.25, 0.3) is 0 Å². The summed E-state index contributed by atoms with van der Waals surface area (Å²) in [6.45, 7) is 5.55. The molecule has 0 amide bonds. The van der Waals surface area contributed by atoms with Gasteiger partial charge in [-0.25, -0.2) is 0 Å². The zero-order chi connectivity index (χ0) is 13.4. The third-order valence-corrected chi connectivity index (χ3v) is 4.02. The van der Waals surface area contributed by atoms with Crippen LogP contribution in [0.4, 0.5) is 5.69 Å². The summed E-state index contributed by atoms with van der Waals surface area (Å²) in [6, 6.07) is 9.23. The fourth-order valence-electron chi connectivity index (χ4n) is 1.82. The fourth-order valence-corrected chi connectivity index (χ4v) is 2.45. The molecular weight excluding hydrogens is 240 g/mol. The van der Waals surface area contributed by atoms with Gasteiger partial charge in [-0.2, -0.15) is 11.8 Å². The van der Waals surface area contributed by atoms with Crippen LogP contribution in [-0.2, 0) is 0 Å². The van der Waals surface area contributed by atoms with Gasteiger partial charge in [0.15, 0.2) is 0 Å². The lowest BCUT2D eigenvalue weighted by atomic mass is 10.1. The molecule has 0 aliphatic carbocycles. The van der Waals surface area contributed by atoms with Crippen molar-refractivity contribution < 1.29 is 0 Å². The molecule has 2 nitrogen and oxygen atoms in total. The molecule has 0 aliphatic rings. The van der Waals surface area contributed by atoms with Gasteiger partial charge in [-0.15, -0.1) is 0 Å². The first kappa shape index (κ1) is 15.4. The highest BCUT2D eigenvalue weighted by Crippen LogP contribution is 2.17. The van der Waals surface area contributed by atoms with Gasteiger partial charge < -0.3 is 10.2 Å². The number of nitrogens with one attached hydrogen (secondary N) is 1. The molecule has 1 aromatic carbocycles. The van der Waals surface area contributed by atoms with Gasteiger partial charge >= 0.3 is 0 Å². The molecule has 1 rings (SSSR count). The minimum absolute atomic E-state index is 0.438. The van der Waals surface area contributed by atoms with Gasteiger partial charge in [-0.05, 0) is 49.1 Å². The van der Waals surface area contributed by atoms with Crippen LogP contribution >= 0.6 is 11.8 Å². The smallest absolute Gasteiger partial charge is 0.0361 e. The zero-order valence-corrected chi connectivity index (χ0v) is 12.9. The average molecular weight is 266 g/mol. The number of benzene rings is 1. The van der Waals surface area contributed by atoms with Crippen LogP contribution in [0.2, 0.25) is 0 Å². The van der Waals surface area contributed by atoms with Crippen LogP contribution in [0.3, 0.4) is 0 Å². The molecule has 0 saturated heterocycles. The van der Waals surface area contributed by atoms with Gasteiger partial charge in [-0.1, -0.05) is 19.1 Å². The van der Waals surface area contributed by atoms with E-state index in [1.165, 1.54) is 29.2 Å². The molecule has 0 saturated carbocycles. The van der Waals surface area contributed by atoms with Crippen LogP contribution in [-0.4, -0.2) is 32.1 Å². The summed E-state index contributed by atoms with van der Waals surface area (Å²) in [5.74, 6) is 2.48. The van der Waals surface area contributed by atoms with E-state index in [1.807, 2.05) is 11.8 Å². The predicted molar refractivity (Wildman–Crippen MR) is 84.8 cm³/mol. The van der Waals surface area contributed by atoms with Gasteiger partial charge in [0, 0.05) is 25.8 Å². The lowest BCUT2D eigenvalue weighted by molar-refractivity contribution is 0.572. The first-order chi connectivity index (χ1) is 8.65. The van der Waals surface area contributed by atoms with E-state index in [1.54, 1.807) is 0 Å². The molecule has 0 radical (unpaired) electrons. The Morgan fingerprint density at radius 3 is 2.44 bits per heavy atom. The first-order valence-corrected chi connectivity index (χ1v) is 7.89. The maximum absolute atomic E-state index is 3.58. The monoisotopic (exact) mass is 266 g/mol. The van der Waals surface area contributed by atoms with Crippen molar-refractivity contribution in [1.29, 1.82) is 0 Å². The summed E-state index contributed by atoms with van der Waals surface area (Å²) in [7, 11) is 4.14. The van der Waals surface area contributed by atoms with Gasteiger partial charge in [0.1, 0.15) is 0 Å². The third kappa shape index (κ3) is 5.32. The number of anilines is 1. The van der Waals surface area contributed by atoms with Crippen LogP contribution in [0, 0.1) is 0 Å². The molecular formula is C15H26N2S. The summed E-state index contributed by atoms with van der Waals surface area (Å²) in [4.78, 5) is 2.13. The van der Waals surface area contributed by atoms with Gasteiger partial charge in [0.05, 0.1) is 0 Å². The van der Waals surface area contributed by atoms with Gasteiger partial charge in [0.2, 0.25) is 0 Å². The zero-order valence-electron chi connectivity index (χ0n) is 12.1. The van der Waals surface area contributed by atoms with E-state index in [0.29, 0.717) is 6.04 Å². The fraction of sp³-hybridized carbons (Fsp3) is 0.600. The molecule has 0 bridgehead atoms. The molecule has 0 fully saturated rings. The van der Waals surface area contributed by atoms with Crippen LogP contribution < -0.4 is 10.2 Å². The van der Waals surface area contributed by atoms with Crippen molar-refractivity contribution in [2.75, 3.05) is 37.0 Å². The average Bonchev–Trinajstić information content (AvgIpc) is 2.38. The highest BCUT2D eigenvalue weighted by Gasteiger charge is 2.04. The minimum atomic E-state index is 0.438. The Morgan fingerprint density at radius 2 is 1.89 bits per heavy atom. The first-order valence-electron chi connectivity index (χ1n) is 6.73. The van der Waals surface area contributed by atoms with Crippen LogP contribution in [0.1, 0.15) is 31.9 Å². The second-order valence-electron chi connectivity index (χ2n) is 4.71. The van der Waals surface area contributed by atoms with Gasteiger partial charge in [-0.3, -0.25) is 0 Å². The summed E-state index contributed by atoms with van der Waals surface area (Å²) in [5.41, 5.74) is 2.62. The van der Waals surface area contributed by atoms with Crippen molar-refractivity contribution in [3.8, 4) is 0 Å². The maximum Gasteiger partial charge on any atom is 0.0361 e. The van der Waals surface area contributed by atoms with Crippen molar-refractivity contribution in [1.82, 2.24) is 5.32 Å². The second kappa shape index (κ2) is 8.44. The second-order valence-corrected chi connectivity index (χ2v) is 6.11. The van der Waals surface area contributed by atoms with Crippen molar-refractivity contribution in [3.63, 3.8) is 0 Å². The van der Waals surface area contributed by atoms with E-state index in [0.717, 1.165) is 6.54 Å². The van der Waals surface area contributed by atoms with E-state index in [9.17, 15) is 0 Å². The lowest BCUT2D eigenvalue weighted by Gasteiger charge is -2.17. The molecule has 18 heavy (non-hydrogen) atoms. The van der Waals surface area contributed by atoms with E-state index < -0.39 is 0 Å². The Bertz CT molecular complexity index is 322. The lowest BCUT2D eigenvalue weighted by Crippen LogP contribution is -2.20. The minimum Gasteiger partial charge on any atom is -0.378 e. The topological polar surface area (TPSA) is 15.3 Å². The molecule has 1 N–H and O–H groups in total.